The van der Waals surface area contributed by atoms with E-state index >= 15 is 0 Å². The number of hydrogen-bond donors (Lipinski definition) is 2. The predicted molar refractivity (Wildman–Crippen MR) is 78.0 cm³/mol. The Morgan fingerprint density at radius 3 is 2.58 bits per heavy atom. The minimum atomic E-state index is -3.26. The third-order valence-corrected chi connectivity index (χ3v) is 4.63. The van der Waals surface area contributed by atoms with Gasteiger partial charge in [-0.25, -0.2) is 13.1 Å². The molecule has 104 valence electrons. The molecule has 0 heterocycles. The zero-order valence-electron chi connectivity index (χ0n) is 10.9. The van der Waals surface area contributed by atoms with Crippen LogP contribution in [0.3, 0.4) is 0 Å². The maximum Gasteiger partial charge on any atom is 0.215 e. The van der Waals surface area contributed by atoms with Gasteiger partial charge in [-0.1, -0.05) is 24.3 Å². The van der Waals surface area contributed by atoms with Crippen LogP contribution in [0.25, 0.3) is 0 Å². The predicted octanol–water partition coefficient (Wildman–Crippen LogP) is 2.04. The molecule has 0 aliphatic heterocycles. The van der Waals surface area contributed by atoms with E-state index in [0.717, 1.165) is 24.8 Å². The molecule has 1 aliphatic carbocycles. The molecule has 1 aromatic carbocycles. The zero-order valence-corrected chi connectivity index (χ0v) is 11.7. The van der Waals surface area contributed by atoms with E-state index in [2.05, 4.69) is 16.9 Å². The van der Waals surface area contributed by atoms with Crippen LogP contribution < -0.4 is 10.5 Å². The molecule has 4 nitrogen and oxygen atoms in total. The molecule has 0 amide bonds. The van der Waals surface area contributed by atoms with Crippen molar-refractivity contribution in [1.82, 2.24) is 4.72 Å². The first-order chi connectivity index (χ1) is 9.05. The lowest BCUT2D eigenvalue weighted by Crippen LogP contribution is -2.30. The van der Waals surface area contributed by atoms with Crippen molar-refractivity contribution in [3.63, 3.8) is 0 Å². The Labute approximate surface area is 114 Å². The molecule has 0 fully saturated rings. The quantitative estimate of drug-likeness (QED) is 0.640. The van der Waals surface area contributed by atoms with E-state index in [0.29, 0.717) is 18.2 Å². The second-order valence-electron chi connectivity index (χ2n) is 5.00. The molecule has 2 rings (SSSR count). The molecule has 0 radical (unpaired) electrons. The minimum absolute atomic E-state index is 0.00976. The summed E-state index contributed by atoms with van der Waals surface area (Å²) in [6, 6.07) is 6.93. The Hall–Kier alpha value is -1.33. The van der Waals surface area contributed by atoms with Gasteiger partial charge in [0.2, 0.25) is 10.0 Å². The van der Waals surface area contributed by atoms with Crippen LogP contribution in [0.4, 0.5) is 5.69 Å². The molecule has 5 heteroatoms. The van der Waals surface area contributed by atoms with E-state index in [9.17, 15) is 8.42 Å². The summed E-state index contributed by atoms with van der Waals surface area (Å²) in [6.45, 7) is 0.529. The van der Waals surface area contributed by atoms with Crippen molar-refractivity contribution < 1.29 is 8.42 Å². The molecule has 0 aromatic heterocycles. The largest absolute Gasteiger partial charge is 0.399 e. The number of nitrogens with two attached hydrogens (primary N) is 1. The van der Waals surface area contributed by atoms with Crippen molar-refractivity contribution in [1.29, 1.82) is 0 Å². The van der Waals surface area contributed by atoms with Gasteiger partial charge >= 0.3 is 0 Å². The highest BCUT2D eigenvalue weighted by Gasteiger charge is 2.15. The van der Waals surface area contributed by atoms with Gasteiger partial charge in [-0.15, -0.1) is 0 Å². The lowest BCUT2D eigenvalue weighted by Gasteiger charge is -2.18. The molecule has 1 aliphatic rings. The van der Waals surface area contributed by atoms with Crippen molar-refractivity contribution in [2.45, 2.75) is 25.0 Å². The summed E-state index contributed by atoms with van der Waals surface area (Å²) in [6.07, 6.45) is 7.34. The van der Waals surface area contributed by atoms with E-state index in [-0.39, 0.29) is 5.75 Å². The van der Waals surface area contributed by atoms with Crippen LogP contribution in [0.2, 0.25) is 0 Å². The SMILES string of the molecule is Nc1ccc(CS(=O)(=O)NCC2CC=CCC2)cc1. The number of hydrogen-bond acceptors (Lipinski definition) is 3. The molecule has 0 spiro atoms. The summed E-state index contributed by atoms with van der Waals surface area (Å²) in [5.74, 6) is 0.432. The highest BCUT2D eigenvalue weighted by atomic mass is 32.2. The fraction of sp³-hybridized carbons (Fsp3) is 0.429. The molecule has 3 N–H and O–H groups in total. The monoisotopic (exact) mass is 280 g/mol. The van der Waals surface area contributed by atoms with Crippen LogP contribution in [-0.4, -0.2) is 15.0 Å². The van der Waals surface area contributed by atoms with Crippen molar-refractivity contribution in [2.24, 2.45) is 5.92 Å². The van der Waals surface area contributed by atoms with Crippen molar-refractivity contribution in [2.75, 3.05) is 12.3 Å². The van der Waals surface area contributed by atoms with Crippen LogP contribution in [0, 0.1) is 5.92 Å². The van der Waals surface area contributed by atoms with Gasteiger partial charge in [0.05, 0.1) is 5.75 Å². The average Bonchev–Trinajstić information content (AvgIpc) is 2.40. The number of allylic oxidation sites excluding steroid dienone is 2. The maximum absolute atomic E-state index is 12.0. The topological polar surface area (TPSA) is 72.2 Å². The first-order valence-electron chi connectivity index (χ1n) is 6.52. The molecular weight excluding hydrogens is 260 g/mol. The third kappa shape index (κ3) is 4.69. The van der Waals surface area contributed by atoms with Gasteiger partial charge in [0.1, 0.15) is 0 Å². The Morgan fingerprint density at radius 2 is 1.95 bits per heavy atom. The average molecular weight is 280 g/mol. The second-order valence-corrected chi connectivity index (χ2v) is 6.81. The number of nitrogens with one attached hydrogen (secondary N) is 1. The molecule has 1 atom stereocenters. The van der Waals surface area contributed by atoms with Crippen molar-refractivity contribution in [3.05, 3.63) is 42.0 Å². The third-order valence-electron chi connectivity index (χ3n) is 3.31. The van der Waals surface area contributed by atoms with Gasteiger partial charge in [0, 0.05) is 12.2 Å². The van der Waals surface area contributed by atoms with Gasteiger partial charge in [0.25, 0.3) is 0 Å². The van der Waals surface area contributed by atoms with E-state index in [1.54, 1.807) is 24.3 Å². The van der Waals surface area contributed by atoms with E-state index in [1.165, 1.54) is 0 Å². The van der Waals surface area contributed by atoms with Crippen LogP contribution in [0.5, 0.6) is 0 Å². The van der Waals surface area contributed by atoms with Crippen LogP contribution >= 0.6 is 0 Å². The smallest absolute Gasteiger partial charge is 0.215 e. The number of benzene rings is 1. The van der Waals surface area contributed by atoms with Gasteiger partial charge in [-0.3, -0.25) is 0 Å². The Bertz CT molecular complexity index is 535. The Kier molecular flexibility index (Phi) is 4.61. The van der Waals surface area contributed by atoms with Crippen molar-refractivity contribution in [3.8, 4) is 0 Å². The molecule has 19 heavy (non-hydrogen) atoms. The molecule has 0 bridgehead atoms. The van der Waals surface area contributed by atoms with E-state index in [4.69, 9.17) is 5.73 Å². The zero-order chi connectivity index (χ0) is 13.7. The summed E-state index contributed by atoms with van der Waals surface area (Å²) in [5, 5.41) is 0. The number of rotatable bonds is 5. The summed E-state index contributed by atoms with van der Waals surface area (Å²) >= 11 is 0. The van der Waals surface area contributed by atoms with Gasteiger partial charge in [0.15, 0.2) is 0 Å². The standard InChI is InChI=1S/C14H20N2O2S/c15-14-8-6-13(7-9-14)11-19(17,18)16-10-12-4-2-1-3-5-12/h1-2,6-9,12,16H,3-5,10-11,15H2. The lowest BCUT2D eigenvalue weighted by atomic mass is 9.95. The number of sulfonamides is 1. The second kappa shape index (κ2) is 6.21. The highest BCUT2D eigenvalue weighted by molar-refractivity contribution is 7.88. The lowest BCUT2D eigenvalue weighted by molar-refractivity contribution is 0.468. The Balaban J connectivity index is 1.87. The fourth-order valence-corrected chi connectivity index (χ4v) is 3.39. The summed E-state index contributed by atoms with van der Waals surface area (Å²) in [7, 11) is -3.26. The van der Waals surface area contributed by atoms with E-state index in [1.807, 2.05) is 0 Å². The van der Waals surface area contributed by atoms with Gasteiger partial charge < -0.3 is 5.73 Å². The first-order valence-corrected chi connectivity index (χ1v) is 8.17. The number of anilines is 1. The summed E-state index contributed by atoms with van der Waals surface area (Å²) < 4.78 is 26.6. The molecule has 1 unspecified atom stereocenters. The van der Waals surface area contributed by atoms with Crippen LogP contribution in [0.15, 0.2) is 36.4 Å². The molecule has 0 saturated heterocycles. The fourth-order valence-electron chi connectivity index (χ4n) is 2.17. The van der Waals surface area contributed by atoms with Gasteiger partial charge in [-0.05, 0) is 42.9 Å². The normalized spacial score (nSPS) is 19.5. The van der Waals surface area contributed by atoms with Crippen LogP contribution in [-0.2, 0) is 15.8 Å². The molecule has 1 aromatic rings. The molecule has 0 saturated carbocycles. The summed E-state index contributed by atoms with van der Waals surface area (Å²) in [4.78, 5) is 0. The summed E-state index contributed by atoms with van der Waals surface area (Å²) in [5.41, 5.74) is 6.97. The van der Waals surface area contributed by atoms with Crippen LogP contribution in [0.1, 0.15) is 24.8 Å². The Morgan fingerprint density at radius 1 is 1.21 bits per heavy atom. The first kappa shape index (κ1) is 14.1. The van der Waals surface area contributed by atoms with E-state index < -0.39 is 10.0 Å². The molecular formula is C14H20N2O2S. The highest BCUT2D eigenvalue weighted by Crippen LogP contribution is 2.17. The van der Waals surface area contributed by atoms with Crippen molar-refractivity contribution >= 4 is 15.7 Å². The maximum atomic E-state index is 12.0. The van der Waals surface area contributed by atoms with Gasteiger partial charge in [-0.2, -0.15) is 0 Å². The number of nitrogen functional groups attached to an aromatic ring is 1. The minimum Gasteiger partial charge on any atom is -0.399 e.